The highest BCUT2D eigenvalue weighted by Crippen LogP contribution is 2.29. The van der Waals surface area contributed by atoms with Crippen LogP contribution in [0, 0.1) is 5.92 Å². The van der Waals surface area contributed by atoms with Crippen LogP contribution in [0.4, 0.5) is 0 Å². The number of hydrogen-bond acceptors (Lipinski definition) is 1. The Morgan fingerprint density at radius 3 is 2.91 bits per heavy atom. The van der Waals surface area contributed by atoms with Gasteiger partial charge in [0.2, 0.25) is 0 Å². The van der Waals surface area contributed by atoms with E-state index >= 15 is 0 Å². The Bertz CT molecular complexity index is 292. The minimum atomic E-state index is 0.651. The normalized spacial score (nSPS) is 15.4. The molecule has 0 N–H and O–H groups in total. The molecule has 1 aromatic rings. The maximum absolute atomic E-state index is 5.28. The second-order valence-corrected chi connectivity index (χ2v) is 3.36. The van der Waals surface area contributed by atoms with Gasteiger partial charge in [-0.25, -0.2) is 0 Å². The summed E-state index contributed by atoms with van der Waals surface area (Å²) in [6.07, 6.45) is 5.02. The van der Waals surface area contributed by atoms with E-state index in [-0.39, 0.29) is 0 Å². The van der Waals surface area contributed by atoms with Gasteiger partial charge in [0.25, 0.3) is 0 Å². The van der Waals surface area contributed by atoms with Crippen LogP contribution in [-0.2, 0) is 6.42 Å². The van der Waals surface area contributed by atoms with Crippen molar-refractivity contribution in [3.63, 3.8) is 0 Å². The van der Waals surface area contributed by atoms with Gasteiger partial charge in [0, 0.05) is 5.56 Å². The van der Waals surface area contributed by atoms with Gasteiger partial charge in [0.05, 0.1) is 6.26 Å². The molecule has 0 saturated heterocycles. The van der Waals surface area contributed by atoms with E-state index < -0.39 is 0 Å². The van der Waals surface area contributed by atoms with E-state index in [4.69, 9.17) is 4.42 Å². The van der Waals surface area contributed by atoms with Gasteiger partial charge in [0.15, 0.2) is 0 Å². The molecule has 1 heteroatoms. The van der Waals surface area contributed by atoms with Gasteiger partial charge in [-0.3, -0.25) is 0 Å². The van der Waals surface area contributed by atoms with Crippen LogP contribution in [-0.4, -0.2) is 0 Å². The van der Waals surface area contributed by atoms with E-state index in [1.807, 2.05) is 0 Å². The van der Waals surface area contributed by atoms with E-state index in [0.717, 1.165) is 12.2 Å². The molecule has 1 heterocycles. The highest BCUT2D eigenvalue weighted by Gasteiger charge is 2.16. The van der Waals surface area contributed by atoms with Gasteiger partial charge >= 0.3 is 0 Å². The standard InChI is InChI=1S/C10H12O/c1-7(2)9-5-8-3-4-11-10(8)6-9/h3-4,6-7H,5H2,1-2H3. The fraction of sp³-hybridized carbons (Fsp3) is 0.400. The molecule has 0 fully saturated rings. The number of allylic oxidation sites excluding steroid dienone is 1. The Balaban J connectivity index is 2.31. The first-order valence-electron chi connectivity index (χ1n) is 4.04. The van der Waals surface area contributed by atoms with E-state index in [9.17, 15) is 0 Å². The Labute approximate surface area is 66.7 Å². The third-order valence-corrected chi connectivity index (χ3v) is 2.23. The largest absolute Gasteiger partial charge is 0.465 e. The van der Waals surface area contributed by atoms with Crippen LogP contribution < -0.4 is 0 Å². The van der Waals surface area contributed by atoms with Gasteiger partial charge < -0.3 is 4.42 Å². The first-order valence-corrected chi connectivity index (χ1v) is 4.04. The van der Waals surface area contributed by atoms with Crippen molar-refractivity contribution in [3.05, 3.63) is 29.2 Å². The third-order valence-electron chi connectivity index (χ3n) is 2.23. The van der Waals surface area contributed by atoms with Crippen LogP contribution in [0.2, 0.25) is 0 Å². The number of furan rings is 1. The van der Waals surface area contributed by atoms with Crippen molar-refractivity contribution in [2.75, 3.05) is 0 Å². The highest BCUT2D eigenvalue weighted by molar-refractivity contribution is 5.59. The summed E-state index contributed by atoms with van der Waals surface area (Å²) in [6, 6.07) is 2.06. The number of rotatable bonds is 1. The molecule has 0 aromatic carbocycles. The second kappa shape index (κ2) is 2.26. The predicted molar refractivity (Wildman–Crippen MR) is 45.2 cm³/mol. The van der Waals surface area contributed by atoms with Gasteiger partial charge in [-0.2, -0.15) is 0 Å². The molecule has 58 valence electrons. The molecule has 0 bridgehead atoms. The predicted octanol–water partition coefficient (Wildman–Crippen LogP) is 2.88. The summed E-state index contributed by atoms with van der Waals surface area (Å²) in [7, 11) is 0. The maximum Gasteiger partial charge on any atom is 0.130 e. The molecule has 2 rings (SSSR count). The summed E-state index contributed by atoms with van der Waals surface area (Å²) in [6.45, 7) is 4.44. The molecule has 0 unspecified atom stereocenters. The highest BCUT2D eigenvalue weighted by atomic mass is 16.3. The zero-order chi connectivity index (χ0) is 7.84. The maximum atomic E-state index is 5.28. The fourth-order valence-corrected chi connectivity index (χ4v) is 1.43. The van der Waals surface area contributed by atoms with Crippen molar-refractivity contribution >= 4 is 6.08 Å². The van der Waals surface area contributed by atoms with Gasteiger partial charge in [0.1, 0.15) is 5.76 Å². The van der Waals surface area contributed by atoms with Crippen molar-refractivity contribution in [2.45, 2.75) is 20.3 Å². The van der Waals surface area contributed by atoms with Crippen molar-refractivity contribution in [1.82, 2.24) is 0 Å². The summed E-state index contributed by atoms with van der Waals surface area (Å²) in [5, 5.41) is 0. The van der Waals surface area contributed by atoms with Crippen LogP contribution in [0.5, 0.6) is 0 Å². The molecule has 0 atom stereocenters. The third kappa shape index (κ3) is 1.01. The zero-order valence-corrected chi connectivity index (χ0v) is 6.92. The smallest absolute Gasteiger partial charge is 0.130 e. The molecular weight excluding hydrogens is 136 g/mol. The van der Waals surface area contributed by atoms with Crippen LogP contribution in [0.25, 0.3) is 6.08 Å². The van der Waals surface area contributed by atoms with E-state index in [0.29, 0.717) is 5.92 Å². The average molecular weight is 148 g/mol. The second-order valence-electron chi connectivity index (χ2n) is 3.36. The number of fused-ring (bicyclic) bond motifs is 1. The first-order chi connectivity index (χ1) is 5.27. The summed E-state index contributed by atoms with van der Waals surface area (Å²) in [4.78, 5) is 0. The van der Waals surface area contributed by atoms with E-state index in [1.54, 1.807) is 6.26 Å². The number of hydrogen-bond donors (Lipinski definition) is 0. The summed E-state index contributed by atoms with van der Waals surface area (Å²) >= 11 is 0. The molecule has 1 aromatic heterocycles. The van der Waals surface area contributed by atoms with Crippen LogP contribution >= 0.6 is 0 Å². The lowest BCUT2D eigenvalue weighted by molar-refractivity contribution is 0.556. The topological polar surface area (TPSA) is 13.1 Å². The van der Waals surface area contributed by atoms with Crippen molar-refractivity contribution in [2.24, 2.45) is 5.92 Å². The summed E-state index contributed by atoms with van der Waals surface area (Å²) in [5.41, 5.74) is 2.83. The Hall–Kier alpha value is -0.980. The van der Waals surface area contributed by atoms with Gasteiger partial charge in [-0.1, -0.05) is 19.4 Å². The quantitative estimate of drug-likeness (QED) is 0.596. The molecule has 0 spiro atoms. The summed E-state index contributed by atoms with van der Waals surface area (Å²) < 4.78 is 5.28. The molecule has 1 aliphatic carbocycles. The molecule has 1 aliphatic rings. The lowest BCUT2D eigenvalue weighted by atomic mass is 10.0. The Kier molecular flexibility index (Phi) is 1.38. The van der Waals surface area contributed by atoms with Gasteiger partial charge in [-0.05, 0) is 24.5 Å². The Morgan fingerprint density at radius 2 is 2.27 bits per heavy atom. The molecule has 0 saturated carbocycles. The molecule has 0 amide bonds. The molecule has 0 aliphatic heterocycles. The van der Waals surface area contributed by atoms with Crippen LogP contribution in [0.1, 0.15) is 25.2 Å². The Morgan fingerprint density at radius 1 is 1.45 bits per heavy atom. The van der Waals surface area contributed by atoms with Crippen LogP contribution in [0.3, 0.4) is 0 Å². The minimum absolute atomic E-state index is 0.651. The zero-order valence-electron chi connectivity index (χ0n) is 6.92. The van der Waals surface area contributed by atoms with E-state index in [2.05, 4.69) is 26.0 Å². The van der Waals surface area contributed by atoms with Crippen LogP contribution in [0.15, 0.2) is 22.3 Å². The van der Waals surface area contributed by atoms with Crippen molar-refractivity contribution in [1.29, 1.82) is 0 Å². The van der Waals surface area contributed by atoms with Crippen molar-refractivity contribution in [3.8, 4) is 0 Å². The SMILES string of the molecule is CC(C)C1=Cc2occc2C1. The molecule has 11 heavy (non-hydrogen) atoms. The molecular formula is C10H12O. The minimum Gasteiger partial charge on any atom is -0.465 e. The van der Waals surface area contributed by atoms with Gasteiger partial charge in [-0.15, -0.1) is 0 Å². The fourth-order valence-electron chi connectivity index (χ4n) is 1.43. The van der Waals surface area contributed by atoms with Crippen molar-refractivity contribution < 1.29 is 4.42 Å². The summed E-state index contributed by atoms with van der Waals surface area (Å²) in [5.74, 6) is 1.71. The molecule has 0 radical (unpaired) electrons. The van der Waals surface area contributed by atoms with E-state index in [1.165, 1.54) is 11.1 Å². The first kappa shape index (κ1) is 6.71. The molecule has 1 nitrogen and oxygen atoms in total. The average Bonchev–Trinajstić information content (AvgIpc) is 2.40. The lowest BCUT2D eigenvalue weighted by Gasteiger charge is -2.03. The monoisotopic (exact) mass is 148 g/mol. The lowest BCUT2D eigenvalue weighted by Crippen LogP contribution is -1.92.